The number of nitrogens with two attached hydrogens (primary N) is 1. The molecule has 0 aliphatic heterocycles. The number of carbonyl (C=O) groups excluding carboxylic acids is 2. The Bertz CT molecular complexity index is 753. The largest absolute Gasteiger partial charge is 0.344 e. The predicted molar refractivity (Wildman–Crippen MR) is 93.8 cm³/mol. The summed E-state index contributed by atoms with van der Waals surface area (Å²) in [6, 6.07) is 7.77. The summed E-state index contributed by atoms with van der Waals surface area (Å²) < 4.78 is 1.04. The number of fused-ring (bicyclic) bond motifs is 1. The fourth-order valence-corrected chi connectivity index (χ4v) is 4.01. The fourth-order valence-electron chi connectivity index (χ4n) is 2.95. The molecule has 1 saturated carbocycles. The van der Waals surface area contributed by atoms with Gasteiger partial charge >= 0.3 is 0 Å². The smallest absolute Gasteiger partial charge is 0.263 e. The number of nitrogens with one attached hydrogen (secondary N) is 1. The molecule has 1 aliphatic carbocycles. The Morgan fingerprint density at radius 3 is 2.70 bits per heavy atom. The highest BCUT2D eigenvalue weighted by molar-refractivity contribution is 7.20. The lowest BCUT2D eigenvalue weighted by Crippen LogP contribution is -2.23. The third-order valence-electron chi connectivity index (χ3n) is 4.24. The SMILES string of the molecule is CN(C)C(=O)c1cc2cc(NC(=O)[C@H]3CC[C@@H](N)C3)ccc2s1. The summed E-state index contributed by atoms with van der Waals surface area (Å²) in [6.07, 6.45) is 2.53. The Morgan fingerprint density at radius 2 is 2.04 bits per heavy atom. The van der Waals surface area contributed by atoms with Crippen LogP contribution >= 0.6 is 11.3 Å². The first-order chi connectivity index (χ1) is 10.9. The topological polar surface area (TPSA) is 75.4 Å². The van der Waals surface area contributed by atoms with Gasteiger partial charge in [0.05, 0.1) is 4.88 Å². The molecule has 1 aromatic carbocycles. The van der Waals surface area contributed by atoms with Gasteiger partial charge in [-0.2, -0.15) is 0 Å². The Kier molecular flexibility index (Phi) is 4.37. The molecule has 2 atom stereocenters. The number of nitrogens with zero attached hydrogens (tertiary/aromatic N) is 1. The molecule has 6 heteroatoms. The summed E-state index contributed by atoms with van der Waals surface area (Å²) >= 11 is 1.47. The van der Waals surface area contributed by atoms with Crippen LogP contribution in [0.5, 0.6) is 0 Å². The molecular formula is C17H21N3O2S. The van der Waals surface area contributed by atoms with Crippen molar-refractivity contribution in [2.24, 2.45) is 11.7 Å². The van der Waals surface area contributed by atoms with Gasteiger partial charge in [-0.05, 0) is 48.9 Å². The van der Waals surface area contributed by atoms with Gasteiger partial charge in [-0.15, -0.1) is 11.3 Å². The van der Waals surface area contributed by atoms with Crippen molar-refractivity contribution in [2.75, 3.05) is 19.4 Å². The number of benzene rings is 1. The van der Waals surface area contributed by atoms with E-state index >= 15 is 0 Å². The van der Waals surface area contributed by atoms with E-state index in [1.54, 1.807) is 19.0 Å². The van der Waals surface area contributed by atoms with Crippen LogP contribution in [0.25, 0.3) is 10.1 Å². The van der Waals surface area contributed by atoms with Crippen LogP contribution in [0.15, 0.2) is 24.3 Å². The monoisotopic (exact) mass is 331 g/mol. The number of amides is 2. The Morgan fingerprint density at radius 1 is 1.26 bits per heavy atom. The van der Waals surface area contributed by atoms with Crippen molar-refractivity contribution < 1.29 is 9.59 Å². The van der Waals surface area contributed by atoms with Crippen molar-refractivity contribution in [3.05, 3.63) is 29.1 Å². The van der Waals surface area contributed by atoms with Crippen LogP contribution in [0.3, 0.4) is 0 Å². The zero-order valence-corrected chi connectivity index (χ0v) is 14.2. The molecule has 2 amide bonds. The first-order valence-corrected chi connectivity index (χ1v) is 8.57. The maximum absolute atomic E-state index is 12.3. The normalized spacial score (nSPS) is 20.7. The number of hydrogen-bond acceptors (Lipinski definition) is 4. The van der Waals surface area contributed by atoms with E-state index in [1.807, 2.05) is 24.3 Å². The molecule has 23 heavy (non-hydrogen) atoms. The maximum atomic E-state index is 12.3. The van der Waals surface area contributed by atoms with E-state index in [9.17, 15) is 9.59 Å². The molecule has 1 fully saturated rings. The van der Waals surface area contributed by atoms with Crippen LogP contribution in [-0.4, -0.2) is 36.9 Å². The van der Waals surface area contributed by atoms with Gasteiger partial charge in [-0.3, -0.25) is 9.59 Å². The van der Waals surface area contributed by atoms with Crippen molar-refractivity contribution >= 4 is 38.9 Å². The minimum atomic E-state index is -0.00303. The molecule has 1 aromatic heterocycles. The van der Waals surface area contributed by atoms with Gasteiger partial charge in [0.1, 0.15) is 0 Å². The summed E-state index contributed by atoms with van der Waals surface area (Å²) in [5, 5.41) is 3.95. The van der Waals surface area contributed by atoms with E-state index in [-0.39, 0.29) is 23.8 Å². The minimum absolute atomic E-state index is 0.00303. The van der Waals surface area contributed by atoms with E-state index < -0.39 is 0 Å². The van der Waals surface area contributed by atoms with E-state index in [2.05, 4.69) is 5.32 Å². The molecular weight excluding hydrogens is 310 g/mol. The molecule has 0 spiro atoms. The molecule has 0 bridgehead atoms. The average Bonchev–Trinajstić information content (AvgIpc) is 3.11. The Balaban J connectivity index is 1.77. The summed E-state index contributed by atoms with van der Waals surface area (Å²) in [4.78, 5) is 26.6. The van der Waals surface area contributed by atoms with Crippen LogP contribution in [-0.2, 0) is 4.79 Å². The number of thiophene rings is 1. The van der Waals surface area contributed by atoms with Crippen molar-refractivity contribution in [2.45, 2.75) is 25.3 Å². The second-order valence-electron chi connectivity index (χ2n) is 6.32. The van der Waals surface area contributed by atoms with Gasteiger partial charge in [0.15, 0.2) is 0 Å². The molecule has 0 radical (unpaired) electrons. The summed E-state index contributed by atoms with van der Waals surface area (Å²) in [6.45, 7) is 0. The van der Waals surface area contributed by atoms with Gasteiger partial charge in [0.25, 0.3) is 5.91 Å². The van der Waals surface area contributed by atoms with E-state index in [0.29, 0.717) is 4.88 Å². The Hall–Kier alpha value is -1.92. The van der Waals surface area contributed by atoms with Crippen LogP contribution < -0.4 is 11.1 Å². The quantitative estimate of drug-likeness (QED) is 0.908. The number of carbonyl (C=O) groups is 2. The molecule has 5 nitrogen and oxygen atoms in total. The Labute approximate surface area is 139 Å². The van der Waals surface area contributed by atoms with Crippen molar-refractivity contribution in [1.29, 1.82) is 0 Å². The zero-order valence-electron chi connectivity index (χ0n) is 13.3. The highest BCUT2D eigenvalue weighted by Gasteiger charge is 2.27. The van der Waals surface area contributed by atoms with Crippen LogP contribution in [0.1, 0.15) is 28.9 Å². The molecule has 122 valence electrons. The highest BCUT2D eigenvalue weighted by Crippen LogP contribution is 2.30. The molecule has 0 saturated heterocycles. The van der Waals surface area contributed by atoms with Gasteiger partial charge in [-0.25, -0.2) is 0 Å². The second-order valence-corrected chi connectivity index (χ2v) is 7.41. The molecule has 3 rings (SSSR count). The highest BCUT2D eigenvalue weighted by atomic mass is 32.1. The zero-order chi connectivity index (χ0) is 16.6. The summed E-state index contributed by atoms with van der Waals surface area (Å²) in [7, 11) is 3.48. The van der Waals surface area contributed by atoms with Gasteiger partial charge in [0, 0.05) is 36.4 Å². The lowest BCUT2D eigenvalue weighted by Gasteiger charge is -2.10. The van der Waals surface area contributed by atoms with Crippen molar-refractivity contribution in [3.8, 4) is 0 Å². The van der Waals surface area contributed by atoms with Crippen LogP contribution in [0, 0.1) is 5.92 Å². The lowest BCUT2D eigenvalue weighted by atomic mass is 10.1. The summed E-state index contributed by atoms with van der Waals surface area (Å²) in [5.74, 6) is 0.0444. The molecule has 1 heterocycles. The third-order valence-corrected chi connectivity index (χ3v) is 5.35. The number of anilines is 1. The van der Waals surface area contributed by atoms with Gasteiger partial charge in [-0.1, -0.05) is 0 Å². The maximum Gasteiger partial charge on any atom is 0.263 e. The van der Waals surface area contributed by atoms with E-state index in [1.165, 1.54) is 11.3 Å². The molecule has 1 aliphatic rings. The number of rotatable bonds is 3. The van der Waals surface area contributed by atoms with Crippen LogP contribution in [0.2, 0.25) is 0 Å². The van der Waals surface area contributed by atoms with Gasteiger partial charge in [0.2, 0.25) is 5.91 Å². The third kappa shape index (κ3) is 3.38. The molecule has 2 aromatic rings. The average molecular weight is 331 g/mol. The predicted octanol–water partition coefficient (Wildman–Crippen LogP) is 2.67. The minimum Gasteiger partial charge on any atom is -0.344 e. The standard InChI is InChI=1S/C17H21N3O2S/c1-20(2)17(22)15-9-11-8-13(5-6-14(11)23-15)19-16(21)10-3-4-12(18)7-10/h5-6,8-10,12H,3-4,7,18H2,1-2H3,(H,19,21)/t10-,12+/m0/s1. The van der Waals surface area contributed by atoms with E-state index in [4.69, 9.17) is 5.73 Å². The lowest BCUT2D eigenvalue weighted by molar-refractivity contribution is -0.119. The number of hydrogen-bond donors (Lipinski definition) is 2. The van der Waals surface area contributed by atoms with Crippen LogP contribution in [0.4, 0.5) is 5.69 Å². The second kappa shape index (κ2) is 6.29. The first kappa shape index (κ1) is 16.0. The van der Waals surface area contributed by atoms with Crippen molar-refractivity contribution in [1.82, 2.24) is 4.90 Å². The molecule has 0 unspecified atom stereocenters. The van der Waals surface area contributed by atoms with Gasteiger partial charge < -0.3 is 16.0 Å². The van der Waals surface area contributed by atoms with Crippen molar-refractivity contribution in [3.63, 3.8) is 0 Å². The summed E-state index contributed by atoms with van der Waals surface area (Å²) in [5.41, 5.74) is 6.64. The van der Waals surface area contributed by atoms with E-state index in [0.717, 1.165) is 35.0 Å². The molecule has 3 N–H and O–H groups in total. The fraction of sp³-hybridized carbons (Fsp3) is 0.412. The first-order valence-electron chi connectivity index (χ1n) is 7.75.